The smallest absolute Gasteiger partial charge is 0.242 e. The van der Waals surface area contributed by atoms with E-state index in [1.165, 1.54) is 11.8 Å². The van der Waals surface area contributed by atoms with Gasteiger partial charge in [-0.15, -0.1) is 11.8 Å². The molecule has 0 saturated heterocycles. The molecule has 0 aliphatic heterocycles. The van der Waals surface area contributed by atoms with Crippen LogP contribution in [0.4, 0.5) is 0 Å². The average Bonchev–Trinajstić information content (AvgIpc) is 2.82. The van der Waals surface area contributed by atoms with Gasteiger partial charge in [-0.25, -0.2) is 0 Å². The molecule has 2 amide bonds. The summed E-state index contributed by atoms with van der Waals surface area (Å²) >= 11 is 13.7. The van der Waals surface area contributed by atoms with E-state index < -0.39 is 6.04 Å². The van der Waals surface area contributed by atoms with Crippen molar-refractivity contribution in [3.8, 4) is 0 Å². The van der Waals surface area contributed by atoms with Crippen LogP contribution in [0.1, 0.15) is 11.1 Å². The molecule has 1 atom stereocenters. The molecular weight excluding hydrogens is 463 g/mol. The zero-order chi connectivity index (χ0) is 22.9. The van der Waals surface area contributed by atoms with Crippen molar-refractivity contribution in [1.82, 2.24) is 10.2 Å². The molecule has 4 nitrogen and oxygen atoms in total. The first-order valence-electron chi connectivity index (χ1n) is 10.1. The normalized spacial score (nSPS) is 11.6. The van der Waals surface area contributed by atoms with Gasteiger partial charge in [0.1, 0.15) is 6.04 Å². The zero-order valence-electron chi connectivity index (χ0n) is 17.6. The molecule has 0 saturated carbocycles. The molecule has 0 fully saturated rings. The molecule has 3 rings (SSSR count). The largest absolute Gasteiger partial charge is 0.357 e. The summed E-state index contributed by atoms with van der Waals surface area (Å²) in [5, 5.41) is 3.57. The van der Waals surface area contributed by atoms with Gasteiger partial charge in [-0.05, 0) is 35.4 Å². The van der Waals surface area contributed by atoms with Crippen molar-refractivity contribution < 1.29 is 9.59 Å². The molecule has 0 spiro atoms. The van der Waals surface area contributed by atoms with E-state index in [9.17, 15) is 9.59 Å². The van der Waals surface area contributed by atoms with Crippen LogP contribution in [0.25, 0.3) is 0 Å². The third-order valence-corrected chi connectivity index (χ3v) is 6.70. The number of likely N-dealkylation sites (N-methyl/N-ethyl adjacent to an activating group) is 1. The van der Waals surface area contributed by atoms with Crippen molar-refractivity contribution in [1.29, 1.82) is 0 Å². The molecule has 3 aromatic rings. The van der Waals surface area contributed by atoms with Crippen molar-refractivity contribution in [2.45, 2.75) is 23.9 Å². The van der Waals surface area contributed by atoms with Crippen LogP contribution in [-0.2, 0) is 22.6 Å². The predicted molar refractivity (Wildman–Crippen MR) is 132 cm³/mol. The Labute approximate surface area is 202 Å². The fraction of sp³-hybridized carbons (Fsp3) is 0.200. The van der Waals surface area contributed by atoms with Gasteiger partial charge in [0.2, 0.25) is 11.8 Å². The SMILES string of the molecule is CNC(=O)C(Cc1ccccc1)N(Cc1ccc(Cl)c(Cl)c1)C(=O)CSc1ccccc1. The molecular formula is C25H24Cl2N2O2S. The lowest BCUT2D eigenvalue weighted by molar-refractivity contribution is -0.139. The molecule has 32 heavy (non-hydrogen) atoms. The fourth-order valence-electron chi connectivity index (χ4n) is 3.30. The second kappa shape index (κ2) is 12.0. The molecule has 166 valence electrons. The van der Waals surface area contributed by atoms with Crippen LogP contribution in [0.3, 0.4) is 0 Å². The van der Waals surface area contributed by atoms with Crippen LogP contribution in [0.15, 0.2) is 83.8 Å². The van der Waals surface area contributed by atoms with E-state index in [2.05, 4.69) is 5.32 Å². The van der Waals surface area contributed by atoms with Gasteiger partial charge in [-0.1, -0.05) is 77.8 Å². The molecule has 0 heterocycles. The molecule has 0 aromatic heterocycles. The van der Waals surface area contributed by atoms with E-state index in [4.69, 9.17) is 23.2 Å². The minimum Gasteiger partial charge on any atom is -0.357 e. The van der Waals surface area contributed by atoms with Gasteiger partial charge < -0.3 is 10.2 Å². The van der Waals surface area contributed by atoms with Crippen molar-refractivity contribution >= 4 is 46.8 Å². The monoisotopic (exact) mass is 486 g/mol. The standard InChI is InChI=1S/C25H24Cl2N2O2S/c1-28-25(31)23(15-18-8-4-2-5-9-18)29(16-19-12-13-21(26)22(27)14-19)24(30)17-32-20-10-6-3-7-11-20/h2-14,23H,15-17H2,1H3,(H,28,31). The number of rotatable bonds is 9. The van der Waals surface area contributed by atoms with Crippen LogP contribution in [-0.4, -0.2) is 35.6 Å². The quantitative estimate of drug-likeness (QED) is 0.407. The average molecular weight is 487 g/mol. The summed E-state index contributed by atoms with van der Waals surface area (Å²) in [5.41, 5.74) is 1.78. The van der Waals surface area contributed by atoms with E-state index in [0.29, 0.717) is 16.5 Å². The predicted octanol–water partition coefficient (Wildman–Crippen LogP) is 5.47. The lowest BCUT2D eigenvalue weighted by Crippen LogP contribution is -2.50. The molecule has 0 bridgehead atoms. The van der Waals surface area contributed by atoms with E-state index >= 15 is 0 Å². The van der Waals surface area contributed by atoms with Crippen molar-refractivity contribution in [2.24, 2.45) is 0 Å². The van der Waals surface area contributed by atoms with Gasteiger partial charge in [0.05, 0.1) is 15.8 Å². The van der Waals surface area contributed by atoms with Gasteiger partial charge in [0.25, 0.3) is 0 Å². The minimum absolute atomic E-state index is 0.130. The molecule has 1 N–H and O–H groups in total. The highest BCUT2D eigenvalue weighted by atomic mass is 35.5. The van der Waals surface area contributed by atoms with Gasteiger partial charge >= 0.3 is 0 Å². The van der Waals surface area contributed by atoms with E-state index in [1.807, 2.05) is 66.7 Å². The summed E-state index contributed by atoms with van der Waals surface area (Å²) in [7, 11) is 1.58. The Hall–Kier alpha value is -2.47. The molecule has 0 aliphatic rings. The van der Waals surface area contributed by atoms with Gasteiger partial charge in [0, 0.05) is 24.9 Å². The first-order valence-corrected chi connectivity index (χ1v) is 11.9. The number of carbonyl (C=O) groups is 2. The number of carbonyl (C=O) groups excluding carboxylic acids is 2. The summed E-state index contributed by atoms with van der Waals surface area (Å²) in [6.45, 7) is 0.246. The van der Waals surface area contributed by atoms with Crippen LogP contribution in [0.2, 0.25) is 10.0 Å². The second-order valence-electron chi connectivity index (χ2n) is 7.19. The van der Waals surface area contributed by atoms with E-state index in [0.717, 1.165) is 16.0 Å². The maximum absolute atomic E-state index is 13.4. The molecule has 0 radical (unpaired) electrons. The number of benzene rings is 3. The maximum atomic E-state index is 13.4. The maximum Gasteiger partial charge on any atom is 0.242 e. The highest BCUT2D eigenvalue weighted by Crippen LogP contribution is 2.25. The lowest BCUT2D eigenvalue weighted by atomic mass is 10.0. The van der Waals surface area contributed by atoms with Gasteiger partial charge in [-0.3, -0.25) is 9.59 Å². The Morgan fingerprint density at radius 2 is 1.56 bits per heavy atom. The summed E-state index contributed by atoms with van der Waals surface area (Å²) < 4.78 is 0. The Kier molecular flexibility index (Phi) is 9.03. The minimum atomic E-state index is -0.666. The molecule has 0 aliphatic carbocycles. The number of hydrogen-bond acceptors (Lipinski definition) is 3. The Morgan fingerprint density at radius 1 is 0.906 bits per heavy atom. The van der Waals surface area contributed by atoms with Gasteiger partial charge in [-0.2, -0.15) is 0 Å². The number of halogens is 2. The van der Waals surface area contributed by atoms with Crippen molar-refractivity contribution in [2.75, 3.05) is 12.8 Å². The zero-order valence-corrected chi connectivity index (χ0v) is 20.0. The Morgan fingerprint density at radius 3 is 2.19 bits per heavy atom. The number of nitrogens with zero attached hydrogens (tertiary/aromatic N) is 1. The third-order valence-electron chi connectivity index (χ3n) is 4.96. The molecule has 3 aromatic carbocycles. The van der Waals surface area contributed by atoms with Crippen LogP contribution in [0.5, 0.6) is 0 Å². The van der Waals surface area contributed by atoms with Crippen LogP contribution < -0.4 is 5.32 Å². The Bertz CT molecular complexity index is 1050. The summed E-state index contributed by atoms with van der Waals surface area (Å²) in [4.78, 5) is 28.9. The number of nitrogens with one attached hydrogen (secondary N) is 1. The third kappa shape index (κ3) is 6.76. The highest BCUT2D eigenvalue weighted by molar-refractivity contribution is 8.00. The lowest BCUT2D eigenvalue weighted by Gasteiger charge is -2.31. The number of thioether (sulfide) groups is 1. The Balaban J connectivity index is 1.89. The van der Waals surface area contributed by atoms with Crippen molar-refractivity contribution in [3.63, 3.8) is 0 Å². The van der Waals surface area contributed by atoms with Gasteiger partial charge in [0.15, 0.2) is 0 Å². The van der Waals surface area contributed by atoms with E-state index in [-0.39, 0.29) is 24.1 Å². The highest BCUT2D eigenvalue weighted by Gasteiger charge is 2.29. The first-order chi connectivity index (χ1) is 15.5. The first kappa shape index (κ1) is 24.2. The van der Waals surface area contributed by atoms with E-state index in [1.54, 1.807) is 24.1 Å². The molecule has 1 unspecified atom stereocenters. The topological polar surface area (TPSA) is 49.4 Å². The summed E-state index contributed by atoms with van der Waals surface area (Å²) in [6.07, 6.45) is 0.406. The second-order valence-corrected chi connectivity index (χ2v) is 9.05. The fourth-order valence-corrected chi connectivity index (χ4v) is 4.43. The van der Waals surface area contributed by atoms with Crippen LogP contribution in [0, 0.1) is 0 Å². The molecule has 7 heteroatoms. The summed E-state index contributed by atoms with van der Waals surface area (Å²) in [5.74, 6) is -0.130. The van der Waals surface area contributed by atoms with Crippen LogP contribution >= 0.6 is 35.0 Å². The summed E-state index contributed by atoms with van der Waals surface area (Å²) in [6, 6.07) is 24.0. The van der Waals surface area contributed by atoms with Crippen molar-refractivity contribution in [3.05, 3.63) is 100 Å². The number of hydrogen-bond donors (Lipinski definition) is 1. The number of amides is 2.